The number of nitrogens with one attached hydrogen (secondary N) is 1. The molecule has 0 unspecified atom stereocenters. The van der Waals surface area contributed by atoms with E-state index in [1.807, 2.05) is 6.08 Å². The lowest BCUT2D eigenvalue weighted by molar-refractivity contribution is 0.871. The second kappa shape index (κ2) is 1.82. The van der Waals surface area contributed by atoms with E-state index in [0.29, 0.717) is 0 Å². The first-order chi connectivity index (χ1) is 3.43. The van der Waals surface area contributed by atoms with E-state index in [4.69, 9.17) is 0 Å². The highest BCUT2D eigenvalue weighted by Gasteiger charge is 1.90. The zero-order valence-electron chi connectivity index (χ0n) is 4.44. The predicted molar refractivity (Wildman–Crippen MR) is 30.9 cm³/mol. The fourth-order valence-electron chi connectivity index (χ4n) is 0.514. The Hall–Kier alpha value is -0.720. The molecule has 1 aliphatic carbocycles. The van der Waals surface area contributed by atoms with Crippen LogP contribution in [-0.2, 0) is 0 Å². The van der Waals surface area contributed by atoms with E-state index < -0.39 is 0 Å². The smallest absolute Gasteiger partial charge is 0.0340 e. The van der Waals surface area contributed by atoms with E-state index in [1.54, 1.807) is 0 Å². The summed E-state index contributed by atoms with van der Waals surface area (Å²) in [6.45, 7) is 3.11. The Balaban J connectivity index is 2.17. The maximum absolute atomic E-state index is 3.16. The molecule has 0 fully saturated rings. The van der Waals surface area contributed by atoms with E-state index in [9.17, 15) is 0 Å². The van der Waals surface area contributed by atoms with Gasteiger partial charge < -0.3 is 5.32 Å². The van der Waals surface area contributed by atoms with Crippen molar-refractivity contribution in [1.29, 1.82) is 0 Å². The molecular formula is C6H9N. The Morgan fingerprint density at radius 3 is 2.57 bits per heavy atom. The quantitative estimate of drug-likeness (QED) is 0.540. The molecule has 0 aromatic heterocycles. The van der Waals surface area contributed by atoms with Crippen molar-refractivity contribution in [2.45, 2.75) is 6.92 Å². The Kier molecular flexibility index (Phi) is 1.16. The van der Waals surface area contributed by atoms with Gasteiger partial charge in [0, 0.05) is 12.2 Å². The Morgan fingerprint density at radius 2 is 2.43 bits per heavy atom. The van der Waals surface area contributed by atoms with Gasteiger partial charge in [0.15, 0.2) is 0 Å². The largest absolute Gasteiger partial charge is 0.385 e. The SMILES string of the molecule is CCNC1=CC=C1. The van der Waals surface area contributed by atoms with Crippen LogP contribution in [0.2, 0.25) is 0 Å². The first kappa shape index (κ1) is 4.44. The Morgan fingerprint density at radius 1 is 1.71 bits per heavy atom. The highest BCUT2D eigenvalue weighted by molar-refractivity contribution is 5.33. The lowest BCUT2D eigenvalue weighted by Crippen LogP contribution is -2.12. The normalized spacial score (nSPS) is 15.3. The molecule has 0 heterocycles. The maximum Gasteiger partial charge on any atom is 0.0340 e. The van der Waals surface area contributed by atoms with Crippen LogP contribution in [-0.4, -0.2) is 6.54 Å². The van der Waals surface area contributed by atoms with Gasteiger partial charge in [-0.1, -0.05) is 6.08 Å². The van der Waals surface area contributed by atoms with Crippen molar-refractivity contribution in [2.75, 3.05) is 6.54 Å². The highest BCUT2D eigenvalue weighted by Crippen LogP contribution is 2.01. The molecule has 0 radical (unpaired) electrons. The van der Waals surface area contributed by atoms with Gasteiger partial charge in [-0.05, 0) is 19.1 Å². The maximum atomic E-state index is 3.16. The fraction of sp³-hybridized carbons (Fsp3) is 0.333. The molecule has 1 heteroatoms. The summed E-state index contributed by atoms with van der Waals surface area (Å²) in [6, 6.07) is 0. The van der Waals surface area contributed by atoms with Gasteiger partial charge in [0.05, 0.1) is 0 Å². The molecular weight excluding hydrogens is 86.1 g/mol. The summed E-state index contributed by atoms with van der Waals surface area (Å²) in [7, 11) is 0. The van der Waals surface area contributed by atoms with Crippen molar-refractivity contribution in [1.82, 2.24) is 5.32 Å². The summed E-state index contributed by atoms with van der Waals surface area (Å²) in [4.78, 5) is 0. The molecule has 0 saturated carbocycles. The zero-order valence-corrected chi connectivity index (χ0v) is 4.44. The van der Waals surface area contributed by atoms with Crippen molar-refractivity contribution in [3.63, 3.8) is 0 Å². The van der Waals surface area contributed by atoms with Crippen LogP contribution < -0.4 is 5.32 Å². The minimum atomic E-state index is 1.02. The number of rotatable bonds is 2. The van der Waals surface area contributed by atoms with Crippen LogP contribution in [0.1, 0.15) is 6.92 Å². The first-order valence-electron chi connectivity index (χ1n) is 2.55. The summed E-state index contributed by atoms with van der Waals surface area (Å²) in [6.07, 6.45) is 6.14. The zero-order chi connectivity index (χ0) is 5.11. The molecule has 0 spiro atoms. The monoisotopic (exact) mass is 95.1 g/mol. The van der Waals surface area contributed by atoms with Crippen LogP contribution in [0.15, 0.2) is 23.9 Å². The molecule has 0 aromatic rings. The molecule has 1 nitrogen and oxygen atoms in total. The van der Waals surface area contributed by atoms with Crippen LogP contribution in [0.25, 0.3) is 0 Å². The van der Waals surface area contributed by atoms with E-state index >= 15 is 0 Å². The Bertz CT molecular complexity index is 111. The molecule has 1 N–H and O–H groups in total. The standard InChI is InChI=1S/C6H9N/c1-2-7-6-4-3-5-6/h3-5,7H,2H2,1H3. The van der Waals surface area contributed by atoms with Crippen LogP contribution in [0.3, 0.4) is 0 Å². The lowest BCUT2D eigenvalue weighted by atomic mass is 10.2. The van der Waals surface area contributed by atoms with Gasteiger partial charge in [-0.3, -0.25) is 0 Å². The highest BCUT2D eigenvalue weighted by atomic mass is 14.9. The average molecular weight is 95.1 g/mol. The van der Waals surface area contributed by atoms with Gasteiger partial charge in [-0.15, -0.1) is 0 Å². The van der Waals surface area contributed by atoms with Crippen molar-refractivity contribution in [2.24, 2.45) is 0 Å². The first-order valence-corrected chi connectivity index (χ1v) is 2.55. The van der Waals surface area contributed by atoms with Gasteiger partial charge >= 0.3 is 0 Å². The van der Waals surface area contributed by atoms with Crippen molar-refractivity contribution < 1.29 is 0 Å². The van der Waals surface area contributed by atoms with E-state index in [-0.39, 0.29) is 0 Å². The van der Waals surface area contributed by atoms with Crippen molar-refractivity contribution >= 4 is 0 Å². The average Bonchev–Trinajstić information content (AvgIpc) is 1.55. The van der Waals surface area contributed by atoms with Crippen LogP contribution in [0, 0.1) is 0 Å². The minimum Gasteiger partial charge on any atom is -0.385 e. The molecule has 7 heavy (non-hydrogen) atoms. The summed E-state index contributed by atoms with van der Waals surface area (Å²) in [5.41, 5.74) is 1.25. The number of hydrogen-bond donors (Lipinski definition) is 1. The number of likely N-dealkylation sites (N-methyl/N-ethyl adjacent to an activating group) is 1. The molecule has 38 valence electrons. The van der Waals surface area contributed by atoms with Crippen LogP contribution in [0.5, 0.6) is 0 Å². The molecule has 0 bridgehead atoms. The van der Waals surface area contributed by atoms with E-state index in [0.717, 1.165) is 6.54 Å². The minimum absolute atomic E-state index is 1.02. The lowest BCUT2D eigenvalue weighted by Gasteiger charge is -2.06. The summed E-state index contributed by atoms with van der Waals surface area (Å²) in [5.74, 6) is 0. The molecule has 0 atom stereocenters. The third-order valence-corrected chi connectivity index (χ3v) is 0.932. The van der Waals surface area contributed by atoms with Crippen molar-refractivity contribution in [3.05, 3.63) is 23.9 Å². The third kappa shape index (κ3) is 0.829. The second-order valence-corrected chi connectivity index (χ2v) is 1.51. The van der Waals surface area contributed by atoms with E-state index in [2.05, 4.69) is 24.4 Å². The van der Waals surface area contributed by atoms with Crippen LogP contribution in [0.4, 0.5) is 0 Å². The van der Waals surface area contributed by atoms with Crippen molar-refractivity contribution in [3.8, 4) is 0 Å². The molecule has 0 aromatic carbocycles. The number of allylic oxidation sites excluding steroid dienone is 3. The summed E-state index contributed by atoms with van der Waals surface area (Å²) in [5, 5.41) is 3.16. The Labute approximate surface area is 43.7 Å². The molecule has 1 aliphatic rings. The molecule has 0 aliphatic heterocycles. The predicted octanol–water partition coefficient (Wildman–Crippen LogP) is 1.05. The topological polar surface area (TPSA) is 12.0 Å². The molecule has 0 amide bonds. The second-order valence-electron chi connectivity index (χ2n) is 1.51. The van der Waals surface area contributed by atoms with Gasteiger partial charge in [0.1, 0.15) is 0 Å². The van der Waals surface area contributed by atoms with Gasteiger partial charge in [0.2, 0.25) is 0 Å². The molecule has 0 saturated heterocycles. The summed E-state index contributed by atoms with van der Waals surface area (Å²) < 4.78 is 0. The van der Waals surface area contributed by atoms with Gasteiger partial charge in [0.25, 0.3) is 0 Å². The van der Waals surface area contributed by atoms with Gasteiger partial charge in [-0.2, -0.15) is 0 Å². The van der Waals surface area contributed by atoms with Gasteiger partial charge in [-0.25, -0.2) is 0 Å². The summed E-state index contributed by atoms with van der Waals surface area (Å²) >= 11 is 0. The fourth-order valence-corrected chi connectivity index (χ4v) is 0.514. The third-order valence-electron chi connectivity index (χ3n) is 0.932. The van der Waals surface area contributed by atoms with E-state index in [1.165, 1.54) is 5.70 Å². The number of hydrogen-bond acceptors (Lipinski definition) is 1. The van der Waals surface area contributed by atoms with Crippen LogP contribution >= 0.6 is 0 Å². The molecule has 1 rings (SSSR count).